The lowest BCUT2D eigenvalue weighted by molar-refractivity contribution is 0.0747. The van der Waals surface area contributed by atoms with Crippen LogP contribution in [-0.2, 0) is 10.0 Å². The summed E-state index contributed by atoms with van der Waals surface area (Å²) in [6.45, 7) is 5.70. The van der Waals surface area contributed by atoms with E-state index in [1.807, 2.05) is 17.0 Å². The van der Waals surface area contributed by atoms with Crippen LogP contribution < -0.4 is 19.1 Å². The second-order valence-electron chi connectivity index (χ2n) is 8.55. The van der Waals surface area contributed by atoms with Gasteiger partial charge in [-0.2, -0.15) is 0 Å². The number of benzene rings is 3. The van der Waals surface area contributed by atoms with Crippen molar-refractivity contribution in [2.45, 2.75) is 11.8 Å². The number of sulfonamides is 1. The van der Waals surface area contributed by atoms with Gasteiger partial charge in [-0.3, -0.25) is 9.52 Å². The molecule has 1 N–H and O–H groups in total. The standard InChI is InChI=1S/C26H27N3O5S/c1-19-4-2-3-5-23(19)28-12-14-29(15-13-28)26(30)20-6-8-21(9-7-20)27-35(31,32)22-10-11-24-25(18-22)34-17-16-33-24/h2-11,18,27H,12-17H2,1H3. The first-order valence-electron chi connectivity index (χ1n) is 11.5. The molecular weight excluding hydrogens is 466 g/mol. The fourth-order valence-corrected chi connectivity index (χ4v) is 5.41. The van der Waals surface area contributed by atoms with Gasteiger partial charge >= 0.3 is 0 Å². The molecule has 0 aromatic heterocycles. The largest absolute Gasteiger partial charge is 0.486 e. The molecule has 3 aromatic carbocycles. The molecule has 1 saturated heterocycles. The van der Waals surface area contributed by atoms with Gasteiger partial charge in [0.25, 0.3) is 15.9 Å². The summed E-state index contributed by atoms with van der Waals surface area (Å²) in [5, 5.41) is 0. The van der Waals surface area contributed by atoms with Crippen LogP contribution in [0.2, 0.25) is 0 Å². The number of carbonyl (C=O) groups excluding carboxylic acids is 1. The second-order valence-corrected chi connectivity index (χ2v) is 10.2. The molecule has 0 bridgehead atoms. The van der Waals surface area contributed by atoms with Crippen molar-refractivity contribution in [3.63, 3.8) is 0 Å². The van der Waals surface area contributed by atoms with Gasteiger partial charge in [-0.1, -0.05) is 18.2 Å². The Kier molecular flexibility index (Phi) is 6.25. The minimum absolute atomic E-state index is 0.0596. The summed E-state index contributed by atoms with van der Waals surface area (Å²) in [7, 11) is -3.82. The number of hydrogen-bond donors (Lipinski definition) is 1. The highest BCUT2D eigenvalue weighted by Crippen LogP contribution is 2.32. The van der Waals surface area contributed by atoms with Gasteiger partial charge in [-0.25, -0.2) is 8.42 Å². The molecule has 8 nitrogen and oxygen atoms in total. The molecule has 2 heterocycles. The number of para-hydroxylation sites is 1. The molecule has 0 atom stereocenters. The van der Waals surface area contributed by atoms with E-state index in [1.54, 1.807) is 30.3 Å². The molecule has 3 aromatic rings. The Morgan fingerprint density at radius 3 is 2.26 bits per heavy atom. The third kappa shape index (κ3) is 4.90. The zero-order valence-electron chi connectivity index (χ0n) is 19.4. The predicted octanol–water partition coefficient (Wildman–Crippen LogP) is 3.53. The average Bonchev–Trinajstić information content (AvgIpc) is 2.89. The van der Waals surface area contributed by atoms with Crippen LogP contribution in [0.1, 0.15) is 15.9 Å². The van der Waals surface area contributed by atoms with E-state index >= 15 is 0 Å². The fraction of sp³-hybridized carbons (Fsp3) is 0.269. The minimum Gasteiger partial charge on any atom is -0.486 e. The highest BCUT2D eigenvalue weighted by atomic mass is 32.2. The van der Waals surface area contributed by atoms with Crippen molar-refractivity contribution in [1.82, 2.24) is 4.90 Å². The van der Waals surface area contributed by atoms with E-state index in [0.717, 1.165) is 13.1 Å². The van der Waals surface area contributed by atoms with Crippen molar-refractivity contribution in [3.8, 4) is 11.5 Å². The summed E-state index contributed by atoms with van der Waals surface area (Å²) >= 11 is 0. The first kappa shape index (κ1) is 23.0. The Morgan fingerprint density at radius 2 is 1.54 bits per heavy atom. The summed E-state index contributed by atoms with van der Waals surface area (Å²) < 4.78 is 39.2. The first-order valence-corrected chi connectivity index (χ1v) is 13.0. The Morgan fingerprint density at radius 1 is 0.857 bits per heavy atom. The molecule has 5 rings (SSSR count). The van der Waals surface area contributed by atoms with Gasteiger partial charge in [0.2, 0.25) is 0 Å². The molecule has 182 valence electrons. The third-order valence-electron chi connectivity index (χ3n) is 6.23. The lowest BCUT2D eigenvalue weighted by atomic mass is 10.1. The van der Waals surface area contributed by atoms with E-state index in [4.69, 9.17) is 9.47 Å². The number of aryl methyl sites for hydroxylation is 1. The Labute approximate surface area is 205 Å². The highest BCUT2D eigenvalue weighted by Gasteiger charge is 2.24. The predicted molar refractivity (Wildman–Crippen MR) is 134 cm³/mol. The van der Waals surface area contributed by atoms with Gasteiger partial charge in [-0.15, -0.1) is 0 Å². The van der Waals surface area contributed by atoms with E-state index in [-0.39, 0.29) is 10.8 Å². The van der Waals surface area contributed by atoms with E-state index in [9.17, 15) is 13.2 Å². The number of carbonyl (C=O) groups is 1. The number of nitrogens with zero attached hydrogens (tertiary/aromatic N) is 2. The van der Waals surface area contributed by atoms with E-state index in [0.29, 0.717) is 49.1 Å². The lowest BCUT2D eigenvalue weighted by Crippen LogP contribution is -2.49. The van der Waals surface area contributed by atoms with Crippen molar-refractivity contribution in [2.24, 2.45) is 0 Å². The molecule has 9 heteroatoms. The number of amides is 1. The maximum atomic E-state index is 13.0. The average molecular weight is 494 g/mol. The van der Waals surface area contributed by atoms with E-state index in [2.05, 4.69) is 28.7 Å². The molecule has 0 aliphatic carbocycles. The summed E-state index contributed by atoms with van der Waals surface area (Å²) in [6.07, 6.45) is 0. The van der Waals surface area contributed by atoms with Crippen molar-refractivity contribution >= 4 is 27.3 Å². The number of ether oxygens (including phenoxy) is 2. The number of piperazine rings is 1. The van der Waals surface area contributed by atoms with Gasteiger partial charge in [0, 0.05) is 49.2 Å². The van der Waals surface area contributed by atoms with Crippen LogP contribution in [-0.4, -0.2) is 58.6 Å². The maximum absolute atomic E-state index is 13.0. The normalized spacial score (nSPS) is 15.6. The van der Waals surface area contributed by atoms with Crippen LogP contribution in [0, 0.1) is 6.92 Å². The summed E-state index contributed by atoms with van der Waals surface area (Å²) in [5.41, 5.74) is 3.33. The van der Waals surface area contributed by atoms with Gasteiger partial charge in [0.15, 0.2) is 11.5 Å². The summed E-state index contributed by atoms with van der Waals surface area (Å²) in [6, 6.07) is 19.3. The number of anilines is 2. The Bertz CT molecular complexity index is 1330. The first-order chi connectivity index (χ1) is 16.9. The maximum Gasteiger partial charge on any atom is 0.262 e. The van der Waals surface area contributed by atoms with Gasteiger partial charge in [0.05, 0.1) is 4.90 Å². The minimum atomic E-state index is -3.82. The van der Waals surface area contributed by atoms with Crippen molar-refractivity contribution < 1.29 is 22.7 Å². The molecule has 1 fully saturated rings. The molecule has 0 spiro atoms. The van der Waals surface area contributed by atoms with Crippen LogP contribution in [0.3, 0.4) is 0 Å². The zero-order valence-corrected chi connectivity index (χ0v) is 20.3. The van der Waals surface area contributed by atoms with Crippen molar-refractivity contribution in [3.05, 3.63) is 77.9 Å². The van der Waals surface area contributed by atoms with Gasteiger partial charge < -0.3 is 19.3 Å². The second kappa shape index (κ2) is 9.50. The van der Waals surface area contributed by atoms with Crippen LogP contribution in [0.4, 0.5) is 11.4 Å². The van der Waals surface area contributed by atoms with Gasteiger partial charge in [-0.05, 0) is 55.0 Å². The Hall–Kier alpha value is -3.72. The summed E-state index contributed by atoms with van der Waals surface area (Å²) in [5.74, 6) is 0.871. The number of rotatable bonds is 5. The molecular formula is C26H27N3O5S. The molecule has 2 aliphatic rings. The number of nitrogens with one attached hydrogen (secondary N) is 1. The molecule has 1 amide bonds. The number of hydrogen-bond acceptors (Lipinski definition) is 6. The third-order valence-corrected chi connectivity index (χ3v) is 7.61. The monoisotopic (exact) mass is 493 g/mol. The van der Waals surface area contributed by atoms with Gasteiger partial charge in [0.1, 0.15) is 13.2 Å². The smallest absolute Gasteiger partial charge is 0.262 e. The lowest BCUT2D eigenvalue weighted by Gasteiger charge is -2.36. The topological polar surface area (TPSA) is 88.2 Å². The summed E-state index contributed by atoms with van der Waals surface area (Å²) in [4.78, 5) is 17.2. The molecule has 0 unspecified atom stereocenters. The molecule has 35 heavy (non-hydrogen) atoms. The zero-order chi connectivity index (χ0) is 24.4. The molecule has 0 saturated carbocycles. The Balaban J connectivity index is 1.22. The highest BCUT2D eigenvalue weighted by molar-refractivity contribution is 7.92. The molecule has 0 radical (unpaired) electrons. The quantitative estimate of drug-likeness (QED) is 0.585. The SMILES string of the molecule is Cc1ccccc1N1CCN(C(=O)c2ccc(NS(=O)(=O)c3ccc4c(c3)OCCO4)cc2)CC1. The molecule has 2 aliphatic heterocycles. The van der Waals surface area contributed by atoms with Crippen molar-refractivity contribution in [1.29, 1.82) is 0 Å². The van der Waals surface area contributed by atoms with Crippen LogP contribution in [0.5, 0.6) is 11.5 Å². The number of fused-ring (bicyclic) bond motifs is 1. The van der Waals surface area contributed by atoms with Crippen LogP contribution >= 0.6 is 0 Å². The van der Waals surface area contributed by atoms with E-state index < -0.39 is 10.0 Å². The fourth-order valence-electron chi connectivity index (χ4n) is 4.34. The van der Waals surface area contributed by atoms with Crippen LogP contribution in [0.15, 0.2) is 71.6 Å². The van der Waals surface area contributed by atoms with E-state index in [1.165, 1.54) is 23.4 Å². The van der Waals surface area contributed by atoms with Crippen molar-refractivity contribution in [2.75, 3.05) is 49.0 Å². The van der Waals surface area contributed by atoms with Crippen LogP contribution in [0.25, 0.3) is 0 Å².